The van der Waals surface area contributed by atoms with Gasteiger partial charge in [-0.15, -0.1) is 0 Å². The Morgan fingerprint density at radius 3 is 1.86 bits per heavy atom. The number of ketones is 2. The lowest BCUT2D eigenvalue weighted by molar-refractivity contribution is -0.129. The molecule has 2 rings (SSSR count). The van der Waals surface area contributed by atoms with Crippen LogP contribution in [0.2, 0.25) is 0 Å². The Hall–Kier alpha value is -3.26. The minimum absolute atomic E-state index is 0.109. The Morgan fingerprint density at radius 1 is 0.857 bits per heavy atom. The summed E-state index contributed by atoms with van der Waals surface area (Å²) >= 11 is 0. The molecule has 0 aromatic heterocycles. The first-order valence-corrected chi connectivity index (χ1v) is 17.8. The largest absolute Gasteiger partial charge is 0.465 e. The van der Waals surface area contributed by atoms with E-state index < -0.39 is 41.8 Å². The molecule has 14 nitrogen and oxygen atoms in total. The van der Waals surface area contributed by atoms with Crippen LogP contribution >= 0.6 is 0 Å². The Kier molecular flexibility index (Phi) is 18.2. The van der Waals surface area contributed by atoms with Crippen LogP contribution in [0.15, 0.2) is 0 Å². The zero-order valence-electron chi connectivity index (χ0n) is 31.5. The third kappa shape index (κ3) is 16.3. The molecule has 282 valence electrons. The molecule has 0 aromatic rings. The van der Waals surface area contributed by atoms with Crippen molar-refractivity contribution in [3.05, 3.63) is 0 Å². The van der Waals surface area contributed by atoms with Crippen molar-refractivity contribution in [1.82, 2.24) is 25.8 Å². The van der Waals surface area contributed by atoms with Crippen molar-refractivity contribution in [2.75, 3.05) is 19.6 Å². The molecule has 14 heteroatoms. The smallest absolute Gasteiger partial charge is 0.408 e. The van der Waals surface area contributed by atoms with Crippen molar-refractivity contribution >= 4 is 35.6 Å². The number of carbonyl (C=O) groups excluding carboxylic acids is 5. The highest BCUT2D eigenvalue weighted by molar-refractivity contribution is 5.94. The number of nitrogens with two attached hydrogens (primary N) is 1. The fourth-order valence-electron chi connectivity index (χ4n) is 5.84. The van der Waals surface area contributed by atoms with Gasteiger partial charge in [-0.1, -0.05) is 34.6 Å². The molecule has 0 aliphatic carbocycles. The first-order valence-electron chi connectivity index (χ1n) is 17.8. The molecular weight excluding hydrogens is 632 g/mol. The molecule has 0 radical (unpaired) electrons. The van der Waals surface area contributed by atoms with E-state index in [1.807, 2.05) is 27.7 Å². The molecule has 0 unspecified atom stereocenters. The monoisotopic (exact) mass is 696 g/mol. The number of carboxylic acid groups (broad SMARTS) is 1. The van der Waals surface area contributed by atoms with Crippen molar-refractivity contribution in [2.45, 2.75) is 156 Å². The summed E-state index contributed by atoms with van der Waals surface area (Å²) in [5.41, 5.74) is 5.19. The molecule has 0 spiro atoms. The zero-order valence-corrected chi connectivity index (χ0v) is 31.5. The van der Waals surface area contributed by atoms with Crippen LogP contribution in [0.25, 0.3) is 0 Å². The fraction of sp³-hybridized carbons (Fsp3) is 0.829. The molecule has 6 atom stereocenters. The molecule has 0 bridgehead atoms. The van der Waals surface area contributed by atoms with E-state index in [4.69, 9.17) is 10.5 Å². The quantitative estimate of drug-likeness (QED) is 0.213. The van der Waals surface area contributed by atoms with Gasteiger partial charge in [0, 0.05) is 12.1 Å². The van der Waals surface area contributed by atoms with Crippen molar-refractivity contribution in [3.8, 4) is 0 Å². The number of ether oxygens (including phenoxy) is 1. The van der Waals surface area contributed by atoms with E-state index in [1.165, 1.54) is 0 Å². The van der Waals surface area contributed by atoms with Gasteiger partial charge < -0.3 is 31.5 Å². The lowest BCUT2D eigenvalue weighted by Crippen LogP contribution is -2.53. The van der Waals surface area contributed by atoms with Crippen LogP contribution in [0, 0.1) is 11.8 Å². The Morgan fingerprint density at radius 2 is 1.37 bits per heavy atom. The second-order valence-electron chi connectivity index (χ2n) is 15.4. The van der Waals surface area contributed by atoms with Crippen molar-refractivity contribution < 1.29 is 38.6 Å². The van der Waals surface area contributed by atoms with Crippen molar-refractivity contribution in [1.29, 1.82) is 0 Å². The lowest BCUT2D eigenvalue weighted by Gasteiger charge is -2.25. The average molecular weight is 697 g/mol. The van der Waals surface area contributed by atoms with Crippen molar-refractivity contribution in [3.63, 3.8) is 0 Å². The average Bonchev–Trinajstić information content (AvgIpc) is 3.18. The summed E-state index contributed by atoms with van der Waals surface area (Å²) in [4.78, 5) is 76.2. The molecule has 2 saturated heterocycles. The summed E-state index contributed by atoms with van der Waals surface area (Å²) in [6.07, 6.45) is 2.63. The first-order chi connectivity index (χ1) is 22.6. The maximum absolute atomic E-state index is 12.7. The molecule has 0 aromatic carbocycles. The number of nitrogens with one attached hydrogen (secondary N) is 3. The van der Waals surface area contributed by atoms with Crippen LogP contribution in [-0.4, -0.2) is 112 Å². The Labute approximate surface area is 293 Å². The summed E-state index contributed by atoms with van der Waals surface area (Å²) in [7, 11) is 0. The number of Topliss-reactive ketones (excluding diaryl/α,β-unsaturated/α-hetero) is 2. The van der Waals surface area contributed by atoms with Gasteiger partial charge in [0.25, 0.3) is 0 Å². The Balaban J connectivity index is 0.000000510. The number of likely N-dealkylation sites (tertiary alicyclic amines) is 2. The van der Waals surface area contributed by atoms with Crippen LogP contribution in [0.4, 0.5) is 9.59 Å². The Bertz CT molecular complexity index is 1120. The number of hydrogen-bond acceptors (Lipinski definition) is 9. The number of nitrogens with zero attached hydrogens (tertiary/aromatic N) is 2. The fourth-order valence-corrected chi connectivity index (χ4v) is 5.84. The number of carbonyl (C=O) groups is 6. The molecule has 6 N–H and O–H groups in total. The molecule has 2 fully saturated rings. The van der Waals surface area contributed by atoms with Gasteiger partial charge in [-0.2, -0.15) is 0 Å². The molecular formula is C35H64N6O8. The third-order valence-corrected chi connectivity index (χ3v) is 8.53. The molecule has 2 aliphatic rings. The van der Waals surface area contributed by atoms with Crippen LogP contribution in [0.3, 0.4) is 0 Å². The van der Waals surface area contributed by atoms with Crippen LogP contribution in [0.5, 0.6) is 0 Å². The van der Waals surface area contributed by atoms with Gasteiger partial charge in [-0.3, -0.25) is 29.0 Å². The number of amides is 4. The second kappa shape index (κ2) is 20.4. The number of rotatable bonds is 11. The van der Waals surface area contributed by atoms with Gasteiger partial charge >= 0.3 is 12.2 Å². The molecule has 2 heterocycles. The summed E-state index contributed by atoms with van der Waals surface area (Å²) in [6, 6.07) is -2.45. The molecule has 49 heavy (non-hydrogen) atoms. The molecule has 4 amide bonds. The second-order valence-corrected chi connectivity index (χ2v) is 15.4. The van der Waals surface area contributed by atoms with Gasteiger partial charge in [0.2, 0.25) is 11.8 Å². The maximum Gasteiger partial charge on any atom is 0.408 e. The summed E-state index contributed by atoms with van der Waals surface area (Å²) in [5.74, 6) is -0.430. The standard InChI is InChI=1S/C19H33N3O6.C16H31N3O2/c1-11(2)9-14(21-17(25)28-19(4,5)6)16(24)20-13-8-7-12(3)22(18(26)27)10-15(13)23;1-5-8-19-10-15(20)14(7-6-12(19)4)18-16(21)13(17)9-11(2)3/h11-14H,7-10H2,1-6H3,(H,20,24)(H,21,25)(H,26,27);11-14H,5-10,17H2,1-4H3,(H,18,21)/t2*12-,13+,14+/m11/s1. The molecule has 2 aliphatic heterocycles. The van der Waals surface area contributed by atoms with Gasteiger partial charge in [-0.25, -0.2) is 9.59 Å². The number of hydrogen-bond donors (Lipinski definition) is 5. The van der Waals surface area contributed by atoms with Gasteiger partial charge in [-0.05, 0) is 97.9 Å². The van der Waals surface area contributed by atoms with E-state index in [0.29, 0.717) is 50.6 Å². The van der Waals surface area contributed by atoms with E-state index in [0.717, 1.165) is 24.3 Å². The summed E-state index contributed by atoms with van der Waals surface area (Å²) < 4.78 is 5.22. The third-order valence-electron chi connectivity index (χ3n) is 8.53. The minimum atomic E-state index is -1.16. The van der Waals surface area contributed by atoms with Crippen LogP contribution < -0.4 is 21.7 Å². The van der Waals surface area contributed by atoms with E-state index in [2.05, 4.69) is 34.7 Å². The number of alkyl carbamates (subject to hydrolysis) is 1. The predicted molar refractivity (Wildman–Crippen MR) is 188 cm³/mol. The van der Waals surface area contributed by atoms with Gasteiger partial charge in [0.05, 0.1) is 31.2 Å². The van der Waals surface area contributed by atoms with Gasteiger partial charge in [0.1, 0.15) is 11.6 Å². The van der Waals surface area contributed by atoms with Crippen LogP contribution in [-0.2, 0) is 23.9 Å². The highest BCUT2D eigenvalue weighted by atomic mass is 16.6. The van der Waals surface area contributed by atoms with E-state index in [-0.39, 0.29) is 42.0 Å². The topological polar surface area (TPSA) is 200 Å². The van der Waals surface area contributed by atoms with Crippen molar-refractivity contribution in [2.24, 2.45) is 17.6 Å². The zero-order chi connectivity index (χ0) is 37.6. The summed E-state index contributed by atoms with van der Waals surface area (Å²) in [5, 5.41) is 17.3. The maximum atomic E-state index is 12.7. The van der Waals surface area contributed by atoms with E-state index in [1.54, 1.807) is 27.7 Å². The minimum Gasteiger partial charge on any atom is -0.465 e. The SMILES string of the molecule is CC(C)C[C@H](NC(=O)OC(C)(C)C)C(=O)N[C@H]1CC[C@@H](C)N(C(=O)O)CC1=O.CCCN1CC(=O)[C@@H](NC(=O)[C@@H](N)CC(C)C)CC[C@H]1C. The molecule has 0 saturated carbocycles. The van der Waals surface area contributed by atoms with E-state index in [9.17, 15) is 33.9 Å². The highest BCUT2D eigenvalue weighted by Crippen LogP contribution is 2.18. The van der Waals surface area contributed by atoms with Crippen LogP contribution in [0.1, 0.15) is 114 Å². The van der Waals surface area contributed by atoms with Gasteiger partial charge in [0.15, 0.2) is 11.6 Å². The normalized spacial score (nSPS) is 23.4. The van der Waals surface area contributed by atoms with E-state index >= 15 is 0 Å². The predicted octanol–water partition coefficient (Wildman–Crippen LogP) is 3.45. The highest BCUT2D eigenvalue weighted by Gasteiger charge is 2.34. The first kappa shape index (κ1) is 43.8. The summed E-state index contributed by atoms with van der Waals surface area (Å²) in [6.45, 7) is 20.2. The lowest BCUT2D eigenvalue weighted by atomic mass is 10.0.